The number of halogens is 1. The molecule has 2 amide bonds. The topological polar surface area (TPSA) is 58.6 Å². The van der Waals surface area contributed by atoms with Crippen LogP contribution in [0.3, 0.4) is 0 Å². The molecule has 1 aromatic rings. The van der Waals surface area contributed by atoms with E-state index in [2.05, 4.69) is 27.9 Å². The molecule has 0 aromatic heterocycles. The summed E-state index contributed by atoms with van der Waals surface area (Å²) in [6, 6.07) is 6.81. The first-order valence-electron chi connectivity index (χ1n) is 7.82. The number of anilines is 1. The van der Waals surface area contributed by atoms with Gasteiger partial charge in [-0.25, -0.2) is 9.59 Å². The molecule has 1 heterocycles. The minimum absolute atomic E-state index is 0.248. The molecule has 1 saturated heterocycles. The fourth-order valence-electron chi connectivity index (χ4n) is 2.52. The number of carbonyl (C=O) groups excluding carboxylic acids is 2. The number of hydrogen-bond donors (Lipinski definition) is 1. The van der Waals surface area contributed by atoms with Crippen molar-refractivity contribution in [3.8, 4) is 0 Å². The van der Waals surface area contributed by atoms with E-state index < -0.39 is 11.6 Å². The van der Waals surface area contributed by atoms with Crippen molar-refractivity contribution in [1.29, 1.82) is 0 Å². The van der Waals surface area contributed by atoms with Crippen LogP contribution in [-0.2, 0) is 9.53 Å². The van der Waals surface area contributed by atoms with Crippen molar-refractivity contribution in [3.05, 3.63) is 27.8 Å². The number of rotatable bonds is 2. The molecule has 2 rings (SSSR count). The van der Waals surface area contributed by atoms with E-state index in [1.807, 2.05) is 45.0 Å². The van der Waals surface area contributed by atoms with Gasteiger partial charge in [-0.2, -0.15) is 0 Å². The van der Waals surface area contributed by atoms with Crippen LogP contribution < -0.4 is 5.32 Å². The van der Waals surface area contributed by atoms with Crippen LogP contribution in [0, 0.1) is 3.57 Å². The highest BCUT2D eigenvalue weighted by molar-refractivity contribution is 14.1. The van der Waals surface area contributed by atoms with Crippen molar-refractivity contribution < 1.29 is 14.3 Å². The highest BCUT2D eigenvalue weighted by Gasteiger charge is 2.35. The maximum Gasteiger partial charge on any atom is 0.329 e. The SMILES string of the molecule is CC(C)(C)OC(=O)C1CCCCN1C(=O)Nc1ccc(I)cc1. The van der Waals surface area contributed by atoms with Gasteiger partial charge in [-0.1, -0.05) is 0 Å². The predicted octanol–water partition coefficient (Wildman–Crippen LogP) is 4.02. The molecule has 0 radical (unpaired) electrons. The minimum atomic E-state index is -0.549. The van der Waals surface area contributed by atoms with Crippen LogP contribution in [0.2, 0.25) is 0 Å². The Morgan fingerprint density at radius 1 is 1.22 bits per heavy atom. The van der Waals surface area contributed by atoms with E-state index in [0.717, 1.165) is 22.1 Å². The largest absolute Gasteiger partial charge is 0.458 e. The van der Waals surface area contributed by atoms with Crippen molar-refractivity contribution in [3.63, 3.8) is 0 Å². The normalized spacial score (nSPS) is 18.4. The number of likely N-dealkylation sites (tertiary alicyclic amines) is 1. The van der Waals surface area contributed by atoms with E-state index >= 15 is 0 Å². The maximum absolute atomic E-state index is 12.5. The minimum Gasteiger partial charge on any atom is -0.458 e. The summed E-state index contributed by atoms with van der Waals surface area (Å²) in [5.74, 6) is -0.324. The lowest BCUT2D eigenvalue weighted by Gasteiger charge is -2.35. The van der Waals surface area contributed by atoms with Gasteiger partial charge in [0, 0.05) is 15.8 Å². The quantitative estimate of drug-likeness (QED) is 0.570. The lowest BCUT2D eigenvalue weighted by atomic mass is 10.0. The summed E-state index contributed by atoms with van der Waals surface area (Å²) in [7, 11) is 0. The number of ether oxygens (including phenoxy) is 1. The van der Waals surface area contributed by atoms with E-state index in [4.69, 9.17) is 4.74 Å². The number of carbonyl (C=O) groups is 2. The van der Waals surface area contributed by atoms with Gasteiger partial charge in [0.1, 0.15) is 11.6 Å². The molecule has 1 aliphatic rings. The fraction of sp³-hybridized carbons (Fsp3) is 0.529. The Morgan fingerprint density at radius 3 is 2.48 bits per heavy atom. The van der Waals surface area contributed by atoms with E-state index in [9.17, 15) is 9.59 Å². The Labute approximate surface area is 150 Å². The second kappa shape index (κ2) is 7.51. The maximum atomic E-state index is 12.5. The standard InChI is InChI=1S/C17H23IN2O3/c1-17(2,3)23-15(21)14-6-4-5-11-20(14)16(22)19-13-9-7-12(18)8-10-13/h7-10,14H,4-6,11H2,1-3H3,(H,19,22). The molecule has 1 atom stereocenters. The van der Waals surface area contributed by atoms with Crippen molar-refractivity contribution >= 4 is 40.3 Å². The van der Waals surface area contributed by atoms with Gasteiger partial charge in [0.15, 0.2) is 0 Å². The Hall–Kier alpha value is -1.31. The molecule has 1 aliphatic heterocycles. The average molecular weight is 430 g/mol. The fourth-order valence-corrected chi connectivity index (χ4v) is 2.88. The lowest BCUT2D eigenvalue weighted by Crippen LogP contribution is -2.51. The highest BCUT2D eigenvalue weighted by atomic mass is 127. The van der Waals surface area contributed by atoms with Crippen LogP contribution >= 0.6 is 22.6 Å². The number of nitrogens with zero attached hydrogens (tertiary/aromatic N) is 1. The van der Waals surface area contributed by atoms with Gasteiger partial charge >= 0.3 is 12.0 Å². The number of esters is 1. The van der Waals surface area contributed by atoms with Crippen LogP contribution in [0.4, 0.5) is 10.5 Å². The molecule has 6 heteroatoms. The molecule has 0 aliphatic carbocycles. The molecule has 23 heavy (non-hydrogen) atoms. The van der Waals surface area contributed by atoms with Gasteiger partial charge in [0.25, 0.3) is 0 Å². The molecule has 1 fully saturated rings. The first kappa shape index (κ1) is 18.0. The van der Waals surface area contributed by atoms with Gasteiger partial charge in [0.05, 0.1) is 0 Å². The number of urea groups is 1. The Balaban J connectivity index is 2.06. The molecule has 0 spiro atoms. The lowest BCUT2D eigenvalue weighted by molar-refractivity contribution is -0.161. The molecule has 1 unspecified atom stereocenters. The molecule has 0 bridgehead atoms. The third-order valence-corrected chi connectivity index (χ3v) is 4.26. The van der Waals surface area contributed by atoms with Crippen LogP contribution in [-0.4, -0.2) is 35.1 Å². The van der Waals surface area contributed by atoms with Crippen LogP contribution in [0.5, 0.6) is 0 Å². The number of nitrogens with one attached hydrogen (secondary N) is 1. The van der Waals surface area contributed by atoms with Gasteiger partial charge in [-0.15, -0.1) is 0 Å². The van der Waals surface area contributed by atoms with Crippen molar-refractivity contribution in [2.75, 3.05) is 11.9 Å². The summed E-state index contributed by atoms with van der Waals surface area (Å²) in [5.41, 5.74) is 0.177. The van der Waals surface area contributed by atoms with E-state index in [1.54, 1.807) is 4.90 Å². The Kier molecular flexibility index (Phi) is 5.89. The van der Waals surface area contributed by atoms with Gasteiger partial charge in [0.2, 0.25) is 0 Å². The highest BCUT2D eigenvalue weighted by Crippen LogP contribution is 2.22. The summed E-state index contributed by atoms with van der Waals surface area (Å²) < 4.78 is 6.56. The Morgan fingerprint density at radius 2 is 1.87 bits per heavy atom. The second-order valence-corrected chi connectivity index (χ2v) is 7.92. The summed E-state index contributed by atoms with van der Waals surface area (Å²) in [4.78, 5) is 26.5. The zero-order valence-electron chi connectivity index (χ0n) is 13.8. The average Bonchev–Trinajstić information content (AvgIpc) is 2.48. The molecule has 126 valence electrons. The third kappa shape index (κ3) is 5.37. The molecular weight excluding hydrogens is 407 g/mol. The zero-order valence-corrected chi connectivity index (χ0v) is 15.9. The summed E-state index contributed by atoms with van der Waals surface area (Å²) in [5, 5.41) is 2.86. The Bertz CT molecular complexity index is 566. The summed E-state index contributed by atoms with van der Waals surface area (Å²) in [6.45, 7) is 6.08. The van der Waals surface area contributed by atoms with Crippen molar-refractivity contribution in [2.24, 2.45) is 0 Å². The monoisotopic (exact) mass is 430 g/mol. The van der Waals surface area contributed by atoms with Crippen molar-refractivity contribution in [1.82, 2.24) is 4.90 Å². The van der Waals surface area contributed by atoms with Gasteiger partial charge in [-0.3, -0.25) is 0 Å². The number of piperidine rings is 1. The van der Waals surface area contributed by atoms with E-state index in [-0.39, 0.29) is 12.0 Å². The van der Waals surface area contributed by atoms with Crippen LogP contribution in [0.25, 0.3) is 0 Å². The molecule has 0 saturated carbocycles. The second-order valence-electron chi connectivity index (χ2n) is 6.68. The van der Waals surface area contributed by atoms with Crippen LogP contribution in [0.1, 0.15) is 40.0 Å². The smallest absolute Gasteiger partial charge is 0.329 e. The number of hydrogen-bond acceptors (Lipinski definition) is 3. The number of amides is 2. The number of benzene rings is 1. The van der Waals surface area contributed by atoms with E-state index in [1.165, 1.54) is 0 Å². The third-order valence-electron chi connectivity index (χ3n) is 3.54. The summed E-state index contributed by atoms with van der Waals surface area (Å²) >= 11 is 2.21. The summed E-state index contributed by atoms with van der Waals surface area (Å²) in [6.07, 6.45) is 2.48. The molecular formula is C17H23IN2O3. The van der Waals surface area contributed by atoms with Crippen molar-refractivity contribution in [2.45, 2.75) is 51.7 Å². The van der Waals surface area contributed by atoms with Gasteiger partial charge in [-0.05, 0) is 86.9 Å². The molecule has 5 nitrogen and oxygen atoms in total. The molecule has 1 aromatic carbocycles. The van der Waals surface area contributed by atoms with Gasteiger partial charge < -0.3 is 15.0 Å². The predicted molar refractivity (Wildman–Crippen MR) is 98.4 cm³/mol. The zero-order chi connectivity index (χ0) is 17.0. The van der Waals surface area contributed by atoms with Crippen LogP contribution in [0.15, 0.2) is 24.3 Å². The molecule has 1 N–H and O–H groups in total. The first-order chi connectivity index (χ1) is 10.8. The van der Waals surface area contributed by atoms with E-state index in [0.29, 0.717) is 13.0 Å². The first-order valence-corrected chi connectivity index (χ1v) is 8.90.